The molecule has 0 fully saturated rings. The van der Waals surface area contributed by atoms with Crippen LogP contribution in [0.2, 0.25) is 5.02 Å². The van der Waals surface area contributed by atoms with Gasteiger partial charge in [-0.1, -0.05) is 41.4 Å². The van der Waals surface area contributed by atoms with Crippen molar-refractivity contribution in [3.63, 3.8) is 0 Å². The number of ether oxygens (including phenoxy) is 1. The molecule has 0 saturated heterocycles. The van der Waals surface area contributed by atoms with Gasteiger partial charge in [-0.05, 0) is 24.6 Å². The fourth-order valence-electron chi connectivity index (χ4n) is 1.95. The van der Waals surface area contributed by atoms with Crippen molar-refractivity contribution in [2.24, 2.45) is 0 Å². The highest BCUT2D eigenvalue weighted by Crippen LogP contribution is 2.24. The van der Waals surface area contributed by atoms with Crippen molar-refractivity contribution < 1.29 is 19.2 Å². The SMILES string of the molecule is Cc1ccc(COC(=O)CNC(=O)c2ccc(Cl)c([N+](=O)[O-])c2)cc1. The normalized spacial score (nSPS) is 10.2. The number of carbonyl (C=O) groups excluding carboxylic acids is 2. The van der Waals surface area contributed by atoms with Gasteiger partial charge in [0, 0.05) is 11.6 Å². The van der Waals surface area contributed by atoms with Crippen molar-refractivity contribution in [1.29, 1.82) is 0 Å². The maximum atomic E-state index is 12.0. The number of benzene rings is 2. The fraction of sp³-hybridized carbons (Fsp3) is 0.176. The van der Waals surface area contributed by atoms with Crippen molar-refractivity contribution >= 4 is 29.2 Å². The Kier molecular flexibility index (Phi) is 6.08. The van der Waals surface area contributed by atoms with Crippen LogP contribution in [0.3, 0.4) is 0 Å². The second-order valence-corrected chi connectivity index (χ2v) is 5.66. The van der Waals surface area contributed by atoms with Crippen LogP contribution >= 0.6 is 11.6 Å². The van der Waals surface area contributed by atoms with Crippen molar-refractivity contribution in [3.8, 4) is 0 Å². The van der Waals surface area contributed by atoms with E-state index in [9.17, 15) is 19.7 Å². The van der Waals surface area contributed by atoms with Crippen LogP contribution in [-0.2, 0) is 16.1 Å². The van der Waals surface area contributed by atoms with E-state index in [0.717, 1.165) is 17.2 Å². The van der Waals surface area contributed by atoms with Crippen LogP contribution in [0, 0.1) is 17.0 Å². The molecule has 0 aliphatic heterocycles. The Morgan fingerprint density at radius 1 is 1.20 bits per heavy atom. The molecule has 1 amide bonds. The quantitative estimate of drug-likeness (QED) is 0.483. The van der Waals surface area contributed by atoms with Gasteiger partial charge in [0.1, 0.15) is 18.2 Å². The van der Waals surface area contributed by atoms with Crippen LogP contribution in [0.15, 0.2) is 42.5 Å². The molecule has 0 radical (unpaired) electrons. The van der Waals surface area contributed by atoms with Gasteiger partial charge in [0.05, 0.1) is 4.92 Å². The molecule has 0 heterocycles. The highest BCUT2D eigenvalue weighted by molar-refractivity contribution is 6.32. The molecule has 2 rings (SSSR count). The molecule has 25 heavy (non-hydrogen) atoms. The van der Waals surface area contributed by atoms with Crippen LogP contribution in [0.5, 0.6) is 0 Å². The van der Waals surface area contributed by atoms with Gasteiger partial charge in [-0.25, -0.2) is 0 Å². The Morgan fingerprint density at radius 2 is 1.88 bits per heavy atom. The maximum absolute atomic E-state index is 12.0. The third kappa shape index (κ3) is 5.29. The maximum Gasteiger partial charge on any atom is 0.325 e. The Labute approximate surface area is 148 Å². The van der Waals surface area contributed by atoms with Crippen LogP contribution in [-0.4, -0.2) is 23.3 Å². The van der Waals surface area contributed by atoms with E-state index in [4.69, 9.17) is 16.3 Å². The summed E-state index contributed by atoms with van der Waals surface area (Å²) in [7, 11) is 0. The number of esters is 1. The summed E-state index contributed by atoms with van der Waals surface area (Å²) in [6.45, 7) is 1.70. The van der Waals surface area contributed by atoms with Crippen LogP contribution in [0.4, 0.5) is 5.69 Å². The molecule has 0 aliphatic rings. The van der Waals surface area contributed by atoms with Gasteiger partial charge in [-0.3, -0.25) is 19.7 Å². The molecule has 0 bridgehead atoms. The average Bonchev–Trinajstić information content (AvgIpc) is 2.59. The molecule has 7 nitrogen and oxygen atoms in total. The predicted octanol–water partition coefficient (Wildman–Crippen LogP) is 3.03. The minimum Gasteiger partial charge on any atom is -0.460 e. The molecule has 130 valence electrons. The van der Waals surface area contributed by atoms with Crippen molar-refractivity contribution in [3.05, 3.63) is 74.3 Å². The third-order valence-corrected chi connectivity index (χ3v) is 3.64. The van der Waals surface area contributed by atoms with Crippen molar-refractivity contribution in [2.75, 3.05) is 6.54 Å². The summed E-state index contributed by atoms with van der Waals surface area (Å²) in [5.74, 6) is -1.25. The number of carbonyl (C=O) groups is 2. The summed E-state index contributed by atoms with van der Waals surface area (Å²) in [5.41, 5.74) is 1.58. The fourth-order valence-corrected chi connectivity index (χ4v) is 2.13. The van der Waals surface area contributed by atoms with Crippen molar-refractivity contribution in [2.45, 2.75) is 13.5 Å². The van der Waals surface area contributed by atoms with Gasteiger partial charge in [-0.2, -0.15) is 0 Å². The number of rotatable bonds is 6. The van der Waals surface area contributed by atoms with E-state index in [0.29, 0.717) is 0 Å². The molecular formula is C17H15ClN2O5. The summed E-state index contributed by atoms with van der Waals surface area (Å²) in [5, 5.41) is 13.1. The van der Waals surface area contributed by atoms with E-state index in [1.165, 1.54) is 12.1 Å². The first-order chi connectivity index (χ1) is 11.9. The van der Waals surface area contributed by atoms with E-state index in [1.807, 2.05) is 31.2 Å². The van der Waals surface area contributed by atoms with Crippen molar-refractivity contribution in [1.82, 2.24) is 5.32 Å². The van der Waals surface area contributed by atoms with Gasteiger partial charge in [0.2, 0.25) is 0 Å². The summed E-state index contributed by atoms with van der Waals surface area (Å²) in [6.07, 6.45) is 0. The lowest BCUT2D eigenvalue weighted by molar-refractivity contribution is -0.384. The lowest BCUT2D eigenvalue weighted by Crippen LogP contribution is -2.30. The molecule has 2 aromatic carbocycles. The molecule has 0 aromatic heterocycles. The zero-order chi connectivity index (χ0) is 18.4. The number of nitro benzene ring substituents is 1. The molecule has 1 N–H and O–H groups in total. The first-order valence-corrected chi connectivity index (χ1v) is 7.68. The lowest BCUT2D eigenvalue weighted by atomic mass is 10.2. The Bertz CT molecular complexity index is 805. The third-order valence-electron chi connectivity index (χ3n) is 3.32. The average molecular weight is 363 g/mol. The zero-order valence-electron chi connectivity index (χ0n) is 13.3. The number of nitrogens with one attached hydrogen (secondary N) is 1. The summed E-state index contributed by atoms with van der Waals surface area (Å²) in [6, 6.07) is 11.1. The number of hydrogen-bond donors (Lipinski definition) is 1. The smallest absolute Gasteiger partial charge is 0.325 e. The lowest BCUT2D eigenvalue weighted by Gasteiger charge is -2.07. The first-order valence-electron chi connectivity index (χ1n) is 7.30. The molecule has 0 spiro atoms. The number of aryl methyl sites for hydroxylation is 1. The second-order valence-electron chi connectivity index (χ2n) is 5.25. The summed E-state index contributed by atoms with van der Waals surface area (Å²) < 4.78 is 5.05. The van der Waals surface area contributed by atoms with E-state index in [2.05, 4.69) is 5.32 Å². The molecule has 8 heteroatoms. The highest BCUT2D eigenvalue weighted by atomic mass is 35.5. The van der Waals surface area contributed by atoms with Gasteiger partial charge >= 0.3 is 5.97 Å². The standard InChI is InChI=1S/C17H15ClN2O5/c1-11-2-4-12(5-3-11)10-25-16(21)9-19-17(22)13-6-7-14(18)15(8-13)20(23)24/h2-8H,9-10H2,1H3,(H,19,22). The van der Waals surface area contributed by atoms with E-state index >= 15 is 0 Å². The monoisotopic (exact) mass is 362 g/mol. The molecule has 0 unspecified atom stereocenters. The largest absolute Gasteiger partial charge is 0.460 e. The van der Waals surface area contributed by atoms with Crippen LogP contribution in [0.1, 0.15) is 21.5 Å². The van der Waals surface area contributed by atoms with Crippen LogP contribution < -0.4 is 5.32 Å². The topological polar surface area (TPSA) is 98.5 Å². The number of halogens is 1. The number of nitrogens with zero attached hydrogens (tertiary/aromatic N) is 1. The van der Waals surface area contributed by atoms with E-state index in [-0.39, 0.29) is 29.4 Å². The minimum absolute atomic E-state index is 0.0300. The number of hydrogen-bond acceptors (Lipinski definition) is 5. The summed E-state index contributed by atoms with van der Waals surface area (Å²) in [4.78, 5) is 33.8. The Hall–Kier alpha value is -2.93. The predicted molar refractivity (Wildman–Crippen MR) is 91.4 cm³/mol. The van der Waals surface area contributed by atoms with Gasteiger partial charge in [-0.15, -0.1) is 0 Å². The van der Waals surface area contributed by atoms with E-state index < -0.39 is 16.8 Å². The Balaban J connectivity index is 1.87. The number of nitro groups is 1. The molecule has 0 aliphatic carbocycles. The molecule has 0 saturated carbocycles. The van der Waals surface area contributed by atoms with E-state index in [1.54, 1.807) is 0 Å². The molecular weight excluding hydrogens is 348 g/mol. The zero-order valence-corrected chi connectivity index (χ0v) is 14.1. The number of amides is 1. The second kappa shape index (κ2) is 8.25. The van der Waals surface area contributed by atoms with Gasteiger partial charge in [0.25, 0.3) is 11.6 Å². The van der Waals surface area contributed by atoms with Gasteiger partial charge in [0.15, 0.2) is 0 Å². The highest BCUT2D eigenvalue weighted by Gasteiger charge is 2.17. The van der Waals surface area contributed by atoms with Crippen LogP contribution in [0.25, 0.3) is 0 Å². The first kappa shape index (κ1) is 18.4. The van der Waals surface area contributed by atoms with Gasteiger partial charge < -0.3 is 10.1 Å². The molecule has 2 aromatic rings. The minimum atomic E-state index is -0.686. The Morgan fingerprint density at radius 3 is 2.52 bits per heavy atom. The molecule has 0 atom stereocenters. The summed E-state index contributed by atoms with van der Waals surface area (Å²) >= 11 is 5.69.